The number of benzene rings is 1. The average Bonchev–Trinajstić information content (AvgIpc) is 2.78. The fourth-order valence-electron chi connectivity index (χ4n) is 2.26. The van der Waals surface area contributed by atoms with Crippen molar-refractivity contribution in [3.63, 3.8) is 0 Å². The van der Waals surface area contributed by atoms with E-state index in [2.05, 4.69) is 10.3 Å². The van der Waals surface area contributed by atoms with Crippen LogP contribution in [0.5, 0.6) is 5.75 Å². The van der Waals surface area contributed by atoms with Gasteiger partial charge >= 0.3 is 0 Å². The molecule has 0 saturated carbocycles. The molecule has 0 aliphatic heterocycles. The lowest BCUT2D eigenvalue weighted by Crippen LogP contribution is -2.01. The number of methoxy groups -OCH3 is 1. The molecule has 5 heteroatoms. The largest absolute Gasteiger partial charge is 0.496 e. The van der Waals surface area contributed by atoms with Gasteiger partial charge in [0.15, 0.2) is 0 Å². The predicted molar refractivity (Wildman–Crippen MR) is 75.9 cm³/mol. The zero-order valence-electron chi connectivity index (χ0n) is 11.7. The molecule has 4 nitrogen and oxygen atoms in total. The van der Waals surface area contributed by atoms with E-state index in [-0.39, 0.29) is 0 Å². The van der Waals surface area contributed by atoms with Gasteiger partial charge in [-0.2, -0.15) is 0 Å². The van der Waals surface area contributed by atoms with Gasteiger partial charge in [0.25, 0.3) is 0 Å². The molecule has 0 amide bonds. The molecule has 0 atom stereocenters. The van der Waals surface area contributed by atoms with Crippen LogP contribution in [0.3, 0.4) is 0 Å². The monoisotopic (exact) mass is 279 g/mol. The van der Waals surface area contributed by atoms with Crippen LogP contribution in [0.15, 0.2) is 12.3 Å². The van der Waals surface area contributed by atoms with E-state index in [4.69, 9.17) is 16.3 Å². The van der Waals surface area contributed by atoms with E-state index in [1.807, 2.05) is 33.2 Å². The van der Waals surface area contributed by atoms with Gasteiger partial charge in [-0.25, -0.2) is 0 Å². The van der Waals surface area contributed by atoms with Gasteiger partial charge in [0.05, 0.1) is 12.8 Å². The van der Waals surface area contributed by atoms with Crippen molar-refractivity contribution < 1.29 is 4.74 Å². The Hall–Kier alpha value is -1.55. The molecular weight excluding hydrogens is 262 g/mol. The van der Waals surface area contributed by atoms with Crippen LogP contribution in [0, 0.1) is 13.8 Å². The summed E-state index contributed by atoms with van der Waals surface area (Å²) in [6.45, 7) is 4.03. The van der Waals surface area contributed by atoms with Crippen molar-refractivity contribution in [1.82, 2.24) is 15.0 Å². The third kappa shape index (κ3) is 2.89. The highest BCUT2D eigenvalue weighted by atomic mass is 35.5. The number of nitrogens with zero attached hydrogens (tertiary/aromatic N) is 3. The molecule has 0 bridgehead atoms. The molecule has 102 valence electrons. The number of rotatable bonds is 4. The normalized spacial score (nSPS) is 10.8. The number of hydrogen-bond donors (Lipinski definition) is 0. The molecule has 0 fully saturated rings. The number of ether oxygens (including phenoxy) is 1. The zero-order chi connectivity index (χ0) is 14.0. The van der Waals surface area contributed by atoms with Crippen LogP contribution in [-0.2, 0) is 19.9 Å². The molecule has 0 N–H and O–H groups in total. The maximum atomic E-state index is 6.25. The number of aromatic nitrogens is 3. The molecule has 1 aromatic heterocycles. The van der Waals surface area contributed by atoms with Crippen molar-refractivity contribution >= 4 is 11.6 Å². The van der Waals surface area contributed by atoms with Crippen molar-refractivity contribution in [2.45, 2.75) is 26.7 Å². The third-order valence-corrected chi connectivity index (χ3v) is 3.66. The fraction of sp³-hybridized carbons (Fsp3) is 0.429. The Bertz CT molecular complexity index is 593. The standard InChI is InChI=1S/C14H18ClN3O/c1-9-7-13(15)10(2)12(14(9)19-4)6-5-11-8-18(3)17-16-11/h7-8H,5-6H2,1-4H3. The van der Waals surface area contributed by atoms with E-state index in [1.54, 1.807) is 11.8 Å². The van der Waals surface area contributed by atoms with Gasteiger partial charge in [-0.05, 0) is 49.4 Å². The lowest BCUT2D eigenvalue weighted by Gasteiger charge is -2.15. The molecule has 2 aromatic rings. The third-order valence-electron chi connectivity index (χ3n) is 3.27. The van der Waals surface area contributed by atoms with Gasteiger partial charge in [0, 0.05) is 18.3 Å². The lowest BCUT2D eigenvalue weighted by molar-refractivity contribution is 0.406. The summed E-state index contributed by atoms with van der Waals surface area (Å²) in [4.78, 5) is 0. The first-order valence-electron chi connectivity index (χ1n) is 6.20. The summed E-state index contributed by atoms with van der Waals surface area (Å²) in [5, 5.41) is 8.82. The molecular formula is C14H18ClN3O. The number of hydrogen-bond acceptors (Lipinski definition) is 3. The Morgan fingerprint density at radius 2 is 2.05 bits per heavy atom. The Morgan fingerprint density at radius 1 is 1.32 bits per heavy atom. The summed E-state index contributed by atoms with van der Waals surface area (Å²) in [6.07, 6.45) is 3.60. The predicted octanol–water partition coefficient (Wildman–Crippen LogP) is 2.88. The van der Waals surface area contributed by atoms with E-state index in [0.717, 1.165) is 46.0 Å². The molecule has 2 rings (SSSR count). The summed E-state index contributed by atoms with van der Waals surface area (Å²) in [5.41, 5.74) is 4.26. The molecule has 19 heavy (non-hydrogen) atoms. The van der Waals surface area contributed by atoms with Crippen LogP contribution in [0.25, 0.3) is 0 Å². The van der Waals surface area contributed by atoms with Gasteiger partial charge in [-0.3, -0.25) is 4.68 Å². The number of halogens is 1. The van der Waals surface area contributed by atoms with Gasteiger partial charge in [-0.1, -0.05) is 16.8 Å². The second-order valence-electron chi connectivity index (χ2n) is 4.70. The highest BCUT2D eigenvalue weighted by Crippen LogP contribution is 2.32. The average molecular weight is 280 g/mol. The van der Waals surface area contributed by atoms with Crippen molar-refractivity contribution in [1.29, 1.82) is 0 Å². The van der Waals surface area contributed by atoms with Crippen molar-refractivity contribution in [3.05, 3.63) is 39.7 Å². The first-order chi connectivity index (χ1) is 9.02. The SMILES string of the molecule is COc1c(C)cc(Cl)c(C)c1CCc1cn(C)nn1. The molecule has 0 aliphatic rings. The maximum Gasteiger partial charge on any atom is 0.125 e. The topological polar surface area (TPSA) is 39.9 Å². The van der Waals surface area contributed by atoms with E-state index in [9.17, 15) is 0 Å². The minimum absolute atomic E-state index is 0.785. The summed E-state index contributed by atoms with van der Waals surface area (Å²) < 4.78 is 7.22. The van der Waals surface area contributed by atoms with Crippen molar-refractivity contribution in [2.75, 3.05) is 7.11 Å². The van der Waals surface area contributed by atoms with Crippen LogP contribution < -0.4 is 4.74 Å². The minimum atomic E-state index is 0.785. The maximum absolute atomic E-state index is 6.25. The van der Waals surface area contributed by atoms with Gasteiger partial charge in [0.1, 0.15) is 5.75 Å². The van der Waals surface area contributed by atoms with Gasteiger partial charge in [-0.15, -0.1) is 5.10 Å². The number of aryl methyl sites for hydroxylation is 3. The summed E-state index contributed by atoms with van der Waals surface area (Å²) in [5.74, 6) is 0.922. The van der Waals surface area contributed by atoms with Crippen LogP contribution in [0.1, 0.15) is 22.4 Å². The highest BCUT2D eigenvalue weighted by Gasteiger charge is 2.13. The molecule has 1 aromatic carbocycles. The summed E-state index contributed by atoms with van der Waals surface area (Å²) in [7, 11) is 3.56. The molecule has 0 saturated heterocycles. The van der Waals surface area contributed by atoms with E-state index in [0.29, 0.717) is 0 Å². The molecule has 0 spiro atoms. The van der Waals surface area contributed by atoms with Crippen LogP contribution in [0.2, 0.25) is 5.02 Å². The quantitative estimate of drug-likeness (QED) is 0.864. The molecule has 0 aliphatic carbocycles. The second-order valence-corrected chi connectivity index (χ2v) is 5.10. The van der Waals surface area contributed by atoms with E-state index >= 15 is 0 Å². The molecule has 1 heterocycles. The fourth-order valence-corrected chi connectivity index (χ4v) is 2.54. The van der Waals surface area contributed by atoms with Crippen LogP contribution in [0.4, 0.5) is 0 Å². The smallest absolute Gasteiger partial charge is 0.125 e. The Morgan fingerprint density at radius 3 is 2.63 bits per heavy atom. The van der Waals surface area contributed by atoms with Gasteiger partial charge < -0.3 is 4.74 Å². The molecule has 0 unspecified atom stereocenters. The second kappa shape index (κ2) is 5.61. The highest BCUT2D eigenvalue weighted by molar-refractivity contribution is 6.31. The van der Waals surface area contributed by atoms with E-state index in [1.165, 1.54) is 0 Å². The minimum Gasteiger partial charge on any atom is -0.496 e. The summed E-state index contributed by atoms with van der Waals surface area (Å²) >= 11 is 6.25. The molecule has 0 radical (unpaired) electrons. The zero-order valence-corrected chi connectivity index (χ0v) is 12.5. The van der Waals surface area contributed by atoms with Gasteiger partial charge in [0.2, 0.25) is 0 Å². The van der Waals surface area contributed by atoms with Crippen molar-refractivity contribution in [2.24, 2.45) is 7.05 Å². The Kier molecular flexibility index (Phi) is 4.10. The Balaban J connectivity index is 2.28. The van der Waals surface area contributed by atoms with Crippen LogP contribution in [-0.4, -0.2) is 22.1 Å². The lowest BCUT2D eigenvalue weighted by atomic mass is 9.99. The van der Waals surface area contributed by atoms with E-state index < -0.39 is 0 Å². The first-order valence-corrected chi connectivity index (χ1v) is 6.58. The van der Waals surface area contributed by atoms with Crippen molar-refractivity contribution in [3.8, 4) is 5.75 Å². The van der Waals surface area contributed by atoms with Crippen LogP contribution >= 0.6 is 11.6 Å². The Labute approximate surface area is 118 Å². The first kappa shape index (κ1) is 13.9. The summed E-state index contributed by atoms with van der Waals surface area (Å²) in [6, 6.07) is 1.95.